The maximum atomic E-state index is 14.5. The van der Waals surface area contributed by atoms with Gasteiger partial charge in [-0.05, 0) is 48.2 Å². The molecule has 1 saturated carbocycles. The molecule has 0 bridgehead atoms. The molecule has 0 atom stereocenters. The van der Waals surface area contributed by atoms with Crippen LogP contribution in [0.3, 0.4) is 0 Å². The van der Waals surface area contributed by atoms with Crippen molar-refractivity contribution in [3.63, 3.8) is 0 Å². The minimum atomic E-state index is -0.467. The zero-order chi connectivity index (χ0) is 20.7. The lowest BCUT2D eigenvalue weighted by atomic mass is 10.0. The second-order valence-electron chi connectivity index (χ2n) is 7.55. The molecule has 8 heteroatoms. The molecule has 1 saturated heterocycles. The number of imide groups is 1. The van der Waals surface area contributed by atoms with Crippen molar-refractivity contribution in [1.82, 2.24) is 14.9 Å². The summed E-state index contributed by atoms with van der Waals surface area (Å²) in [5.74, 6) is -0.605. The number of carbonyl (C=O) groups is 2. The number of ether oxygens (including phenoxy) is 1. The number of halogens is 1. The second kappa shape index (κ2) is 7.46. The standard InChI is InChI=1S/C22H19FN4O3/c23-18-5-1-13(7-15(18)9-27-20(28)10-30-11-21(27)29)14-2-6-19-17(8-14)22(25-12-24-19)26-16-3-4-16/h1-2,5-8,12,16H,3-4,9-11H2,(H,24,25,26). The molecule has 152 valence electrons. The highest BCUT2D eigenvalue weighted by molar-refractivity contribution is 5.98. The van der Waals surface area contributed by atoms with Crippen molar-refractivity contribution in [2.24, 2.45) is 0 Å². The molecule has 1 aliphatic carbocycles. The van der Waals surface area contributed by atoms with Crippen LogP contribution in [-0.4, -0.2) is 45.9 Å². The number of aromatic nitrogens is 2. The summed E-state index contributed by atoms with van der Waals surface area (Å²) in [6.45, 7) is -0.463. The van der Waals surface area contributed by atoms with Crippen molar-refractivity contribution in [2.75, 3.05) is 18.5 Å². The van der Waals surface area contributed by atoms with Gasteiger partial charge in [0.1, 0.15) is 31.2 Å². The van der Waals surface area contributed by atoms with Gasteiger partial charge in [0.05, 0.1) is 12.1 Å². The monoisotopic (exact) mass is 406 g/mol. The van der Waals surface area contributed by atoms with E-state index in [1.165, 1.54) is 6.07 Å². The van der Waals surface area contributed by atoms with E-state index < -0.39 is 17.6 Å². The van der Waals surface area contributed by atoms with Gasteiger partial charge in [-0.1, -0.05) is 12.1 Å². The van der Waals surface area contributed by atoms with Crippen LogP contribution < -0.4 is 5.32 Å². The highest BCUT2D eigenvalue weighted by Crippen LogP contribution is 2.31. The van der Waals surface area contributed by atoms with Gasteiger partial charge in [0, 0.05) is 17.0 Å². The molecule has 1 N–H and O–H groups in total. The molecule has 7 nitrogen and oxygen atoms in total. The number of fused-ring (bicyclic) bond motifs is 1. The second-order valence-corrected chi connectivity index (χ2v) is 7.55. The highest BCUT2D eigenvalue weighted by Gasteiger charge is 2.27. The number of morpholine rings is 1. The van der Waals surface area contributed by atoms with Gasteiger partial charge in [0.15, 0.2) is 0 Å². The topological polar surface area (TPSA) is 84.4 Å². The summed E-state index contributed by atoms with van der Waals surface area (Å²) in [6, 6.07) is 11.0. The Balaban J connectivity index is 1.49. The molecule has 2 aliphatic rings. The van der Waals surface area contributed by atoms with E-state index in [4.69, 9.17) is 4.74 Å². The van der Waals surface area contributed by atoms with Gasteiger partial charge in [-0.2, -0.15) is 0 Å². The van der Waals surface area contributed by atoms with Crippen molar-refractivity contribution in [3.05, 3.63) is 54.1 Å². The van der Waals surface area contributed by atoms with Gasteiger partial charge in [-0.3, -0.25) is 14.5 Å². The van der Waals surface area contributed by atoms with E-state index in [0.717, 1.165) is 45.6 Å². The zero-order valence-corrected chi connectivity index (χ0v) is 16.1. The largest absolute Gasteiger partial charge is 0.367 e. The molecule has 30 heavy (non-hydrogen) atoms. The van der Waals surface area contributed by atoms with Gasteiger partial charge < -0.3 is 10.1 Å². The molecular weight excluding hydrogens is 387 g/mol. The van der Waals surface area contributed by atoms with E-state index in [1.54, 1.807) is 18.5 Å². The van der Waals surface area contributed by atoms with Crippen molar-refractivity contribution < 1.29 is 18.7 Å². The van der Waals surface area contributed by atoms with Crippen LogP contribution >= 0.6 is 0 Å². The Morgan fingerprint density at radius 1 is 1.03 bits per heavy atom. The van der Waals surface area contributed by atoms with E-state index in [0.29, 0.717) is 6.04 Å². The Morgan fingerprint density at radius 2 is 1.77 bits per heavy atom. The SMILES string of the molecule is O=C1COCC(=O)N1Cc1cc(-c2ccc3ncnc(NC4CC4)c3c2)ccc1F. The molecule has 0 spiro atoms. The third-order valence-electron chi connectivity index (χ3n) is 5.31. The van der Waals surface area contributed by atoms with E-state index in [2.05, 4.69) is 15.3 Å². The Hall–Kier alpha value is -3.39. The first-order chi connectivity index (χ1) is 14.6. The normalized spacial score (nSPS) is 16.9. The number of rotatable bonds is 5. The third kappa shape index (κ3) is 3.61. The van der Waals surface area contributed by atoms with Gasteiger partial charge in [0.25, 0.3) is 11.8 Å². The van der Waals surface area contributed by atoms with Crippen molar-refractivity contribution in [2.45, 2.75) is 25.4 Å². The summed E-state index contributed by atoms with van der Waals surface area (Å²) in [5.41, 5.74) is 2.75. The lowest BCUT2D eigenvalue weighted by Gasteiger charge is -2.25. The Labute approximate surface area is 171 Å². The van der Waals surface area contributed by atoms with Crippen LogP contribution in [0.5, 0.6) is 0 Å². The van der Waals surface area contributed by atoms with Crippen molar-refractivity contribution in [1.29, 1.82) is 0 Å². The van der Waals surface area contributed by atoms with Crippen LogP contribution in [0.4, 0.5) is 10.2 Å². The molecule has 0 unspecified atom stereocenters. The highest BCUT2D eigenvalue weighted by atomic mass is 19.1. The Kier molecular flexibility index (Phi) is 4.63. The zero-order valence-electron chi connectivity index (χ0n) is 16.1. The number of hydrogen-bond donors (Lipinski definition) is 1. The average molecular weight is 406 g/mol. The van der Waals surface area contributed by atoms with Gasteiger partial charge in [0.2, 0.25) is 0 Å². The summed E-state index contributed by atoms with van der Waals surface area (Å²) in [5, 5.41) is 4.31. The first-order valence-electron chi connectivity index (χ1n) is 9.79. The third-order valence-corrected chi connectivity index (χ3v) is 5.31. The van der Waals surface area contributed by atoms with E-state index in [9.17, 15) is 14.0 Å². The first-order valence-corrected chi connectivity index (χ1v) is 9.79. The number of anilines is 1. The smallest absolute Gasteiger partial charge is 0.255 e. The summed E-state index contributed by atoms with van der Waals surface area (Å²) in [4.78, 5) is 33.7. The fourth-order valence-electron chi connectivity index (χ4n) is 3.51. The van der Waals surface area contributed by atoms with Crippen LogP contribution in [0.25, 0.3) is 22.0 Å². The molecule has 2 heterocycles. The summed E-state index contributed by atoms with van der Waals surface area (Å²) >= 11 is 0. The van der Waals surface area contributed by atoms with Crippen LogP contribution in [0.2, 0.25) is 0 Å². The van der Waals surface area contributed by atoms with E-state index in [-0.39, 0.29) is 25.3 Å². The number of carbonyl (C=O) groups excluding carboxylic acids is 2. The molecular formula is C22H19FN4O3. The fourth-order valence-corrected chi connectivity index (χ4v) is 3.51. The lowest BCUT2D eigenvalue weighted by Crippen LogP contribution is -2.45. The Morgan fingerprint density at radius 3 is 2.53 bits per heavy atom. The summed E-state index contributed by atoms with van der Waals surface area (Å²) in [7, 11) is 0. The van der Waals surface area contributed by atoms with Crippen LogP contribution in [0.15, 0.2) is 42.7 Å². The fraction of sp³-hybridized carbons (Fsp3) is 0.273. The molecule has 1 aromatic heterocycles. The minimum absolute atomic E-state index is 0.119. The van der Waals surface area contributed by atoms with Crippen LogP contribution in [0, 0.1) is 5.82 Å². The van der Waals surface area contributed by atoms with Crippen LogP contribution in [0.1, 0.15) is 18.4 Å². The Bertz CT molecular complexity index is 1150. The maximum Gasteiger partial charge on any atom is 0.255 e. The van der Waals surface area contributed by atoms with Crippen LogP contribution in [-0.2, 0) is 20.9 Å². The number of benzene rings is 2. The maximum absolute atomic E-state index is 14.5. The van der Waals surface area contributed by atoms with Gasteiger partial charge in [-0.25, -0.2) is 14.4 Å². The average Bonchev–Trinajstić information content (AvgIpc) is 3.56. The number of amides is 2. The molecule has 3 aromatic rings. The quantitative estimate of drug-likeness (QED) is 0.656. The van der Waals surface area contributed by atoms with E-state index >= 15 is 0 Å². The van der Waals surface area contributed by atoms with Crippen molar-refractivity contribution >= 4 is 28.5 Å². The molecule has 1 aliphatic heterocycles. The minimum Gasteiger partial charge on any atom is -0.367 e. The predicted octanol–water partition coefficient (Wildman–Crippen LogP) is 2.90. The van der Waals surface area contributed by atoms with E-state index in [1.807, 2.05) is 18.2 Å². The molecule has 2 aromatic carbocycles. The number of hydrogen-bond acceptors (Lipinski definition) is 6. The van der Waals surface area contributed by atoms with Crippen molar-refractivity contribution in [3.8, 4) is 11.1 Å². The first kappa shape index (κ1) is 18.6. The number of nitrogens with zero attached hydrogens (tertiary/aromatic N) is 3. The predicted molar refractivity (Wildman–Crippen MR) is 108 cm³/mol. The lowest BCUT2D eigenvalue weighted by molar-refractivity contribution is -0.159. The summed E-state index contributed by atoms with van der Waals surface area (Å²) in [6.07, 6.45) is 3.80. The molecule has 2 amide bonds. The van der Waals surface area contributed by atoms with Gasteiger partial charge in [-0.15, -0.1) is 0 Å². The molecule has 0 radical (unpaired) electrons. The molecule has 5 rings (SSSR count). The molecule has 2 fully saturated rings. The number of nitrogens with one attached hydrogen (secondary N) is 1. The summed E-state index contributed by atoms with van der Waals surface area (Å²) < 4.78 is 19.4. The van der Waals surface area contributed by atoms with Gasteiger partial charge >= 0.3 is 0 Å².